The minimum absolute atomic E-state index is 0. The molecule has 0 bridgehead atoms. The van der Waals surface area contributed by atoms with Gasteiger partial charge in [-0.05, 0) is 104 Å². The first-order valence-corrected chi connectivity index (χ1v) is 28.7. The molecule has 7 aliphatic heterocycles. The summed E-state index contributed by atoms with van der Waals surface area (Å²) in [6.07, 6.45) is 16.5. The van der Waals surface area contributed by atoms with Gasteiger partial charge in [-0.1, -0.05) is 12.1 Å². The molecule has 0 saturated carbocycles. The third-order valence-corrected chi connectivity index (χ3v) is 17.2. The van der Waals surface area contributed by atoms with Crippen molar-refractivity contribution in [1.29, 1.82) is 0 Å². The van der Waals surface area contributed by atoms with Crippen LogP contribution in [0.5, 0.6) is 0 Å². The van der Waals surface area contributed by atoms with Gasteiger partial charge in [0.05, 0.1) is 57.1 Å². The van der Waals surface area contributed by atoms with E-state index in [4.69, 9.17) is 4.74 Å². The molecule has 0 spiro atoms. The number of amides is 8. The molecule has 0 atom stereocenters. The van der Waals surface area contributed by atoms with E-state index in [0.717, 1.165) is 43.4 Å². The van der Waals surface area contributed by atoms with Crippen LogP contribution >= 0.6 is 0 Å². The zero-order chi connectivity index (χ0) is 58.6. The number of benzene rings is 2. The number of likely N-dealkylation sites (tertiary alicyclic amines) is 2. The second-order valence-electron chi connectivity index (χ2n) is 22.4. The minimum atomic E-state index is -0.552. The first kappa shape index (κ1) is 60.4. The van der Waals surface area contributed by atoms with Crippen LogP contribution in [0.25, 0.3) is 55.4 Å². The summed E-state index contributed by atoms with van der Waals surface area (Å²) < 4.78 is 42.5. The monoisotopic (exact) mass is 1190 g/mol. The van der Waals surface area contributed by atoms with Crippen LogP contribution in [-0.2, 0) is 54.9 Å². The second kappa shape index (κ2) is 25.2. The number of piperidine rings is 2. The molecule has 13 heterocycles. The van der Waals surface area contributed by atoms with Crippen LogP contribution < -0.4 is 40.2 Å². The van der Waals surface area contributed by atoms with E-state index < -0.39 is 35.3 Å². The maximum Gasteiger partial charge on any atom is 1.00 e. The molecule has 3 saturated heterocycles. The number of aliphatic hydroxyl groups excluding tert-OH is 1. The molecule has 3 N–H and O–H groups in total. The van der Waals surface area contributed by atoms with E-state index in [0.29, 0.717) is 121 Å². The summed E-state index contributed by atoms with van der Waals surface area (Å²) in [6, 6.07) is 16.3. The molecule has 15 rings (SSSR count). The molecule has 0 aliphatic carbocycles. The number of carbonyl (C=O) groups is 7. The normalized spacial score (nSPS) is 18.1. The fraction of sp³-hybridized carbons (Fsp3) is 0.339. The van der Waals surface area contributed by atoms with Crippen molar-refractivity contribution >= 4 is 106 Å². The van der Waals surface area contributed by atoms with Crippen molar-refractivity contribution < 1.29 is 83.2 Å². The summed E-state index contributed by atoms with van der Waals surface area (Å²) in [4.78, 5) is 106. The van der Waals surface area contributed by atoms with Crippen LogP contribution in [0.1, 0.15) is 73.6 Å². The number of imide groups is 2. The van der Waals surface area contributed by atoms with E-state index in [1.165, 1.54) is 37.1 Å². The number of nitrogens with zero attached hydrogens (tertiary/aromatic N) is 10. The molecule has 8 amide bonds. The molecular formula is C62H61BF2N12NaO9. The Labute approximate surface area is 522 Å². The first-order chi connectivity index (χ1) is 41.3. The van der Waals surface area contributed by atoms with Crippen LogP contribution in [-0.4, -0.2) is 162 Å². The third kappa shape index (κ3) is 11.3. The summed E-state index contributed by atoms with van der Waals surface area (Å²) in [5.41, 5.74) is 6.56. The number of nitrogens with one attached hydrogen (secondary N) is 2. The molecule has 2 aromatic carbocycles. The molecular weight excluding hydrogens is 1130 g/mol. The van der Waals surface area contributed by atoms with Crippen molar-refractivity contribution in [1.82, 2.24) is 58.1 Å². The number of aldehydes is 1. The number of rotatable bonds is 6. The zero-order valence-electron chi connectivity index (χ0n) is 48.9. The molecule has 8 aromatic rings. The maximum absolute atomic E-state index is 15.1. The first-order valence-electron chi connectivity index (χ1n) is 28.7. The van der Waals surface area contributed by atoms with Crippen LogP contribution in [0.4, 0.5) is 18.4 Å². The molecule has 25 heteroatoms. The molecule has 7 aliphatic rings. The molecule has 3 fully saturated rings. The predicted octanol–water partition coefficient (Wildman–Crippen LogP) is 3.01. The number of urea groups is 2. The van der Waals surface area contributed by atoms with E-state index in [1.54, 1.807) is 77.7 Å². The van der Waals surface area contributed by atoms with Gasteiger partial charge in [-0.15, -0.1) is 0 Å². The Balaban J connectivity index is 0.000000174. The fourth-order valence-corrected chi connectivity index (χ4v) is 12.9. The van der Waals surface area contributed by atoms with Crippen molar-refractivity contribution in [2.45, 2.75) is 64.7 Å². The van der Waals surface area contributed by atoms with Crippen molar-refractivity contribution in [3.63, 3.8) is 0 Å². The summed E-state index contributed by atoms with van der Waals surface area (Å²) in [5.74, 6) is -2.95. The van der Waals surface area contributed by atoms with Gasteiger partial charge >= 0.3 is 41.6 Å². The Bertz CT molecular complexity index is 4150. The standard InChI is InChI=1S/C29H27FN6O4.C29H25FN6O4.C4H8O.B.Na.H/c2*30-19-11-18-14-35(29(40)33-7-4-17(16-37)5-8-33)10-9-34-15-21(20(12-19)26(18)34)24-25(28(39)32-27(24)38)22-13-31-23-3-1-2-6-36(22)23;1-2-4-5-3-1;;;/h1-3,6,11-13,15,17,37H,4-5,7-10,14,16H2,(H,32,38,39);1-3,6,11-13,15-17H,4-5,7-10,14H2,(H,32,38,39);1-4H2;;;/q;;;;+1;-1. The molecule has 0 unspecified atom stereocenters. The SMILES string of the molecule is C1CCOC1.O=C1NC(=O)C(c2cnc3ccccn23)=C1c1cn2c3c(cc(F)cc13)CN(C(=O)N1CCC(CO)CC1)CC2.O=CC1CCN(C(=O)N2CCn3cc(C4=C(c5cnc6ccccn56)C(=O)NC4=O)c4cc(F)cc(c43)C2)CC1.[B].[H-].[Na+]. The maximum atomic E-state index is 15.1. The average molecular weight is 1190 g/mol. The number of imidazole rings is 2. The Kier molecular flexibility index (Phi) is 17.5. The summed E-state index contributed by atoms with van der Waals surface area (Å²) in [7, 11) is 0. The van der Waals surface area contributed by atoms with Gasteiger partial charge in [0.1, 0.15) is 29.2 Å². The number of fused-ring (bicyclic) bond motifs is 2. The number of carbonyl (C=O) groups excluding carboxylic acids is 7. The van der Waals surface area contributed by atoms with E-state index in [9.17, 15) is 38.7 Å². The largest absolute Gasteiger partial charge is 1.00 e. The number of hydrogen-bond acceptors (Lipinski definition) is 11. The summed E-state index contributed by atoms with van der Waals surface area (Å²) in [5, 5.41) is 15.3. The summed E-state index contributed by atoms with van der Waals surface area (Å²) >= 11 is 0. The van der Waals surface area contributed by atoms with Gasteiger partial charge in [0.15, 0.2) is 0 Å². The number of aromatic nitrogens is 6. The van der Waals surface area contributed by atoms with Crippen molar-refractivity contribution in [2.24, 2.45) is 11.8 Å². The Morgan fingerprint density at radius 1 is 0.609 bits per heavy atom. The third-order valence-electron chi connectivity index (χ3n) is 17.2. The van der Waals surface area contributed by atoms with Crippen molar-refractivity contribution in [2.75, 3.05) is 59.1 Å². The molecule has 441 valence electrons. The van der Waals surface area contributed by atoms with E-state index >= 15 is 8.78 Å². The van der Waals surface area contributed by atoms with Crippen molar-refractivity contribution in [3.05, 3.63) is 143 Å². The van der Waals surface area contributed by atoms with E-state index in [1.807, 2.05) is 33.4 Å². The Morgan fingerprint density at radius 2 is 1.05 bits per heavy atom. The molecule has 87 heavy (non-hydrogen) atoms. The van der Waals surface area contributed by atoms with Crippen LogP contribution in [0, 0.1) is 23.5 Å². The van der Waals surface area contributed by atoms with Crippen molar-refractivity contribution in [3.8, 4) is 0 Å². The molecule has 21 nitrogen and oxygen atoms in total. The number of halogens is 2. The van der Waals surface area contributed by atoms with Gasteiger partial charge in [0.25, 0.3) is 23.6 Å². The number of hydrogen-bond donors (Lipinski definition) is 3. The van der Waals surface area contributed by atoms with Gasteiger partial charge in [-0.3, -0.25) is 38.6 Å². The second-order valence-corrected chi connectivity index (χ2v) is 22.4. The fourth-order valence-electron chi connectivity index (χ4n) is 12.9. The zero-order valence-corrected chi connectivity index (χ0v) is 49.9. The number of pyridine rings is 2. The summed E-state index contributed by atoms with van der Waals surface area (Å²) in [6.45, 7) is 6.41. The number of ether oxygens (including phenoxy) is 1. The smallest absolute Gasteiger partial charge is 1.00 e. The quantitative estimate of drug-likeness (QED) is 0.125. The van der Waals surface area contributed by atoms with Gasteiger partial charge in [0.2, 0.25) is 0 Å². The van der Waals surface area contributed by atoms with E-state index in [-0.39, 0.29) is 105 Å². The molecule has 3 radical (unpaired) electrons. The Morgan fingerprint density at radius 3 is 1.46 bits per heavy atom. The predicted molar refractivity (Wildman–Crippen MR) is 314 cm³/mol. The van der Waals surface area contributed by atoms with Crippen LogP contribution in [0.15, 0.2) is 97.8 Å². The van der Waals surface area contributed by atoms with Gasteiger partial charge < -0.3 is 44.8 Å². The van der Waals surface area contributed by atoms with E-state index in [2.05, 4.69) is 20.6 Å². The minimum Gasteiger partial charge on any atom is -1.00 e. The van der Waals surface area contributed by atoms with Gasteiger partial charge in [0, 0.05) is 146 Å². The van der Waals surface area contributed by atoms with Gasteiger partial charge in [-0.2, -0.15) is 0 Å². The number of aliphatic hydroxyl groups is 1. The Hall–Kier alpha value is -8.29. The van der Waals surface area contributed by atoms with Crippen LogP contribution in [0.3, 0.4) is 0 Å². The van der Waals surface area contributed by atoms with Gasteiger partial charge in [-0.25, -0.2) is 28.3 Å². The van der Waals surface area contributed by atoms with Crippen LogP contribution in [0.2, 0.25) is 0 Å². The molecule has 6 aromatic heterocycles. The topological polar surface area (TPSA) is 230 Å². The average Bonchev–Trinajstić information content (AvgIpc) is 1.63.